The number of ether oxygens (including phenoxy) is 1. The summed E-state index contributed by atoms with van der Waals surface area (Å²) in [7, 11) is 1.48. The average molecular weight is 284 g/mol. The predicted molar refractivity (Wildman–Crippen MR) is 63.9 cm³/mol. The molecule has 5 nitrogen and oxygen atoms in total. The molecule has 0 aliphatic carbocycles. The molecule has 0 spiro atoms. The number of methoxy groups -OCH3 is 1. The third-order valence-electron chi connectivity index (χ3n) is 2.15. The van der Waals surface area contributed by atoms with Crippen molar-refractivity contribution in [2.45, 2.75) is 6.54 Å². The Kier molecular flexibility index (Phi) is 2.82. The molecule has 2 rings (SSSR count). The van der Waals surface area contributed by atoms with Crippen LogP contribution in [0.2, 0.25) is 0 Å². The van der Waals surface area contributed by atoms with Crippen LogP contribution in [-0.4, -0.2) is 21.3 Å². The zero-order chi connectivity index (χ0) is 11.7. The highest BCUT2D eigenvalue weighted by Crippen LogP contribution is 2.14. The summed E-state index contributed by atoms with van der Waals surface area (Å²) in [5.74, 6) is 0. The van der Waals surface area contributed by atoms with Crippen molar-refractivity contribution < 1.29 is 4.74 Å². The number of fused-ring (bicyclic) bond motifs is 1. The molecular formula is C10H10BrN3O2. The van der Waals surface area contributed by atoms with E-state index < -0.39 is 0 Å². The van der Waals surface area contributed by atoms with Crippen LogP contribution in [0, 0.1) is 0 Å². The van der Waals surface area contributed by atoms with Gasteiger partial charge in [0.15, 0.2) is 0 Å². The van der Waals surface area contributed by atoms with Gasteiger partial charge in [-0.2, -0.15) is 0 Å². The van der Waals surface area contributed by atoms with Gasteiger partial charge in [0.1, 0.15) is 5.52 Å². The van der Waals surface area contributed by atoms with Crippen molar-refractivity contribution in [3.63, 3.8) is 0 Å². The molecule has 0 bridgehead atoms. The third kappa shape index (κ3) is 1.65. The number of aromatic nitrogens is 3. The average Bonchev–Trinajstić information content (AvgIpc) is 2.63. The Morgan fingerprint density at radius 1 is 1.69 bits per heavy atom. The summed E-state index contributed by atoms with van der Waals surface area (Å²) in [4.78, 5) is 12.1. The predicted octanol–water partition coefficient (Wildman–Crippen LogP) is 1.45. The fourth-order valence-corrected chi connectivity index (χ4v) is 1.89. The van der Waals surface area contributed by atoms with E-state index in [1.165, 1.54) is 16.2 Å². The number of halogens is 1. The Morgan fingerprint density at radius 3 is 3.06 bits per heavy atom. The molecule has 0 fully saturated rings. The minimum absolute atomic E-state index is 0.155. The summed E-state index contributed by atoms with van der Waals surface area (Å²) in [6.45, 7) is 3.97. The lowest BCUT2D eigenvalue weighted by Crippen LogP contribution is -2.24. The fraction of sp³-hybridized carbons (Fsp3) is 0.200. The van der Waals surface area contributed by atoms with Crippen molar-refractivity contribution in [3.05, 3.63) is 39.7 Å². The molecule has 0 aliphatic rings. The third-order valence-corrected chi connectivity index (χ3v) is 2.58. The van der Waals surface area contributed by atoms with E-state index in [4.69, 9.17) is 4.74 Å². The standard InChI is InChI=1S/C10H10BrN3O2/c1-3-4-13-9(15)8-5-7(11)6-14(8)12-10(13)16-2/h3,5-6H,1,4H2,2H3. The van der Waals surface area contributed by atoms with Crippen LogP contribution in [-0.2, 0) is 6.54 Å². The lowest BCUT2D eigenvalue weighted by atomic mass is 10.5. The molecule has 0 unspecified atom stereocenters. The van der Waals surface area contributed by atoms with E-state index in [2.05, 4.69) is 27.6 Å². The molecule has 0 saturated carbocycles. The van der Waals surface area contributed by atoms with Crippen LogP contribution in [0.1, 0.15) is 0 Å². The normalized spacial score (nSPS) is 10.6. The summed E-state index contributed by atoms with van der Waals surface area (Å²) in [6.07, 6.45) is 3.33. The minimum Gasteiger partial charge on any atom is -0.467 e. The Balaban J connectivity index is 2.81. The molecule has 0 saturated heterocycles. The van der Waals surface area contributed by atoms with Crippen molar-refractivity contribution >= 4 is 21.4 Å². The molecule has 0 atom stereocenters. The maximum atomic E-state index is 12.1. The van der Waals surface area contributed by atoms with Gasteiger partial charge in [0.25, 0.3) is 5.56 Å². The van der Waals surface area contributed by atoms with Crippen LogP contribution in [0.4, 0.5) is 0 Å². The maximum absolute atomic E-state index is 12.1. The van der Waals surface area contributed by atoms with Gasteiger partial charge in [-0.05, 0) is 22.0 Å². The van der Waals surface area contributed by atoms with Gasteiger partial charge in [0.2, 0.25) is 0 Å². The molecular weight excluding hydrogens is 274 g/mol. The molecule has 0 amide bonds. The molecule has 0 N–H and O–H groups in total. The van der Waals surface area contributed by atoms with Crippen molar-refractivity contribution in [1.29, 1.82) is 0 Å². The fourth-order valence-electron chi connectivity index (χ4n) is 1.48. The molecule has 16 heavy (non-hydrogen) atoms. The first kappa shape index (κ1) is 10.9. The van der Waals surface area contributed by atoms with Crippen molar-refractivity contribution in [1.82, 2.24) is 14.2 Å². The molecule has 2 aromatic heterocycles. The quantitative estimate of drug-likeness (QED) is 0.802. The molecule has 2 aromatic rings. The summed E-state index contributed by atoms with van der Waals surface area (Å²) < 4.78 is 8.78. The van der Waals surface area contributed by atoms with Gasteiger partial charge < -0.3 is 4.74 Å². The highest BCUT2D eigenvalue weighted by atomic mass is 79.9. The van der Waals surface area contributed by atoms with Crippen LogP contribution >= 0.6 is 15.9 Å². The van der Waals surface area contributed by atoms with E-state index in [-0.39, 0.29) is 11.6 Å². The van der Waals surface area contributed by atoms with Crippen molar-refractivity contribution in [2.75, 3.05) is 7.11 Å². The van der Waals surface area contributed by atoms with Crippen LogP contribution in [0.5, 0.6) is 6.01 Å². The van der Waals surface area contributed by atoms with Gasteiger partial charge in [0.05, 0.1) is 7.11 Å². The maximum Gasteiger partial charge on any atom is 0.317 e. The van der Waals surface area contributed by atoms with E-state index in [0.29, 0.717) is 12.1 Å². The van der Waals surface area contributed by atoms with Gasteiger partial charge in [-0.3, -0.25) is 9.36 Å². The number of nitrogens with zero attached hydrogens (tertiary/aromatic N) is 3. The topological polar surface area (TPSA) is 48.5 Å². The van der Waals surface area contributed by atoms with Gasteiger partial charge in [-0.15, -0.1) is 11.7 Å². The number of hydrogen-bond donors (Lipinski definition) is 0. The summed E-state index contributed by atoms with van der Waals surface area (Å²) in [6, 6.07) is 1.98. The van der Waals surface area contributed by atoms with Crippen LogP contribution in [0.25, 0.3) is 5.52 Å². The number of allylic oxidation sites excluding steroid dienone is 1. The summed E-state index contributed by atoms with van der Waals surface area (Å²) in [5, 5.41) is 4.17. The molecule has 6 heteroatoms. The van der Waals surface area contributed by atoms with Crippen LogP contribution < -0.4 is 10.3 Å². The Labute approximate surface area is 100 Å². The Bertz CT molecular complexity index is 600. The summed E-state index contributed by atoms with van der Waals surface area (Å²) in [5.41, 5.74) is 0.340. The largest absolute Gasteiger partial charge is 0.467 e. The number of hydrogen-bond acceptors (Lipinski definition) is 3. The molecule has 0 aliphatic heterocycles. The summed E-state index contributed by atoms with van der Waals surface area (Å²) >= 11 is 3.30. The van der Waals surface area contributed by atoms with E-state index >= 15 is 0 Å². The zero-order valence-electron chi connectivity index (χ0n) is 8.68. The zero-order valence-corrected chi connectivity index (χ0v) is 10.3. The molecule has 84 valence electrons. The van der Waals surface area contributed by atoms with Gasteiger partial charge in [-0.25, -0.2) is 4.52 Å². The van der Waals surface area contributed by atoms with E-state index in [1.54, 1.807) is 18.3 Å². The van der Waals surface area contributed by atoms with E-state index in [9.17, 15) is 4.79 Å². The Hall–Kier alpha value is -1.56. The monoisotopic (exact) mass is 283 g/mol. The van der Waals surface area contributed by atoms with Crippen LogP contribution in [0.3, 0.4) is 0 Å². The molecule has 0 radical (unpaired) electrons. The first-order valence-corrected chi connectivity index (χ1v) is 5.40. The molecule has 0 aromatic carbocycles. The highest BCUT2D eigenvalue weighted by Gasteiger charge is 2.11. The van der Waals surface area contributed by atoms with Gasteiger partial charge in [0, 0.05) is 17.2 Å². The van der Waals surface area contributed by atoms with E-state index in [0.717, 1.165) is 4.47 Å². The lowest BCUT2D eigenvalue weighted by molar-refractivity contribution is 0.343. The SMILES string of the molecule is C=CCn1c(OC)nn2cc(Br)cc2c1=O. The van der Waals surface area contributed by atoms with E-state index in [1.807, 2.05) is 0 Å². The second-order valence-corrected chi connectivity index (χ2v) is 4.09. The van der Waals surface area contributed by atoms with Gasteiger partial charge in [-0.1, -0.05) is 6.08 Å². The van der Waals surface area contributed by atoms with Crippen molar-refractivity contribution in [3.8, 4) is 6.01 Å². The molecule has 2 heterocycles. The smallest absolute Gasteiger partial charge is 0.317 e. The minimum atomic E-state index is -0.155. The first-order valence-electron chi connectivity index (χ1n) is 4.61. The number of rotatable bonds is 3. The lowest BCUT2D eigenvalue weighted by Gasteiger charge is -2.08. The van der Waals surface area contributed by atoms with Crippen LogP contribution in [0.15, 0.2) is 34.2 Å². The Morgan fingerprint density at radius 2 is 2.44 bits per heavy atom. The van der Waals surface area contributed by atoms with Crippen molar-refractivity contribution in [2.24, 2.45) is 0 Å². The second-order valence-electron chi connectivity index (χ2n) is 3.18. The second kappa shape index (κ2) is 4.13. The first-order chi connectivity index (χ1) is 7.67. The van der Waals surface area contributed by atoms with Gasteiger partial charge >= 0.3 is 6.01 Å². The highest BCUT2D eigenvalue weighted by molar-refractivity contribution is 9.10.